The monoisotopic (exact) mass is 146 g/mol. The minimum Gasteiger partial charge on any atom is -0.468 e. The van der Waals surface area contributed by atoms with Crippen molar-refractivity contribution in [1.82, 2.24) is 0 Å². The van der Waals surface area contributed by atoms with E-state index in [9.17, 15) is 4.79 Å². The van der Waals surface area contributed by atoms with Crippen molar-refractivity contribution in [2.75, 3.05) is 6.61 Å². The summed E-state index contributed by atoms with van der Waals surface area (Å²) in [6.45, 7) is 7.86. The van der Waals surface area contributed by atoms with Gasteiger partial charge in [-0.1, -0.05) is 19.6 Å². The van der Waals surface area contributed by atoms with Crippen molar-refractivity contribution in [1.29, 1.82) is 0 Å². The predicted molar refractivity (Wildman–Crippen MR) is 40.2 cm³/mol. The summed E-state index contributed by atoms with van der Waals surface area (Å²) in [7, 11) is -0.978. The lowest BCUT2D eigenvalue weighted by Crippen LogP contribution is -2.21. The molecule has 0 heterocycles. The Balaban J connectivity index is 3.17. The average Bonchev–Trinajstić information content (AvgIpc) is 1.63. The van der Waals surface area contributed by atoms with Crippen LogP contribution in [-0.4, -0.2) is 21.2 Å². The first-order valence-corrected chi connectivity index (χ1v) is 6.82. The number of hydrogen-bond acceptors (Lipinski definition) is 2. The van der Waals surface area contributed by atoms with Crippen molar-refractivity contribution < 1.29 is 9.53 Å². The van der Waals surface area contributed by atoms with E-state index >= 15 is 0 Å². The van der Waals surface area contributed by atoms with Gasteiger partial charge in [-0.05, 0) is 6.04 Å². The van der Waals surface area contributed by atoms with Crippen molar-refractivity contribution in [3.05, 3.63) is 0 Å². The van der Waals surface area contributed by atoms with Crippen LogP contribution in [0.4, 0.5) is 0 Å². The minimum atomic E-state index is -0.978. The van der Waals surface area contributed by atoms with Gasteiger partial charge in [0.15, 0.2) is 0 Å². The molecule has 0 fully saturated rings. The molecule has 0 radical (unpaired) electrons. The Labute approximate surface area is 57.2 Å². The lowest BCUT2D eigenvalue weighted by molar-refractivity contribution is -0.128. The van der Waals surface area contributed by atoms with Gasteiger partial charge >= 0.3 is 0 Å². The van der Waals surface area contributed by atoms with Gasteiger partial charge in [0, 0.05) is 8.07 Å². The first-order valence-electron chi connectivity index (χ1n) is 3.11. The maximum absolute atomic E-state index is 9.68. The van der Waals surface area contributed by atoms with Gasteiger partial charge in [0.25, 0.3) is 6.47 Å². The van der Waals surface area contributed by atoms with Gasteiger partial charge in [0.1, 0.15) is 0 Å². The molecule has 0 aromatic carbocycles. The molecule has 0 saturated heterocycles. The Hall–Kier alpha value is -0.313. The second kappa shape index (κ2) is 3.66. The number of ether oxygens (including phenoxy) is 1. The van der Waals surface area contributed by atoms with Crippen LogP contribution in [-0.2, 0) is 9.53 Å². The fourth-order valence-corrected chi connectivity index (χ4v) is 1.14. The second-order valence-corrected chi connectivity index (χ2v) is 8.90. The molecule has 54 valence electrons. The molecule has 0 bridgehead atoms. The third-order valence-electron chi connectivity index (χ3n) is 1.04. The Bertz CT molecular complexity index is 85.5. The molecule has 0 amide bonds. The molecule has 3 heteroatoms. The Kier molecular flexibility index (Phi) is 3.54. The molecule has 2 nitrogen and oxygen atoms in total. The topological polar surface area (TPSA) is 26.3 Å². The Morgan fingerprint density at radius 1 is 1.44 bits per heavy atom. The first-order chi connectivity index (χ1) is 4.06. The van der Waals surface area contributed by atoms with Gasteiger partial charge in [-0.3, -0.25) is 4.79 Å². The molecule has 9 heavy (non-hydrogen) atoms. The largest absolute Gasteiger partial charge is 0.468 e. The fourth-order valence-electron chi connectivity index (χ4n) is 0.413. The van der Waals surface area contributed by atoms with E-state index in [4.69, 9.17) is 0 Å². The highest BCUT2D eigenvalue weighted by Crippen LogP contribution is 2.06. The van der Waals surface area contributed by atoms with Gasteiger partial charge in [0.05, 0.1) is 6.61 Å². The summed E-state index contributed by atoms with van der Waals surface area (Å²) in [5, 5.41) is 0. The van der Waals surface area contributed by atoms with Crippen molar-refractivity contribution in [2.24, 2.45) is 0 Å². The van der Waals surface area contributed by atoms with Gasteiger partial charge in [0.2, 0.25) is 0 Å². The molecular formula is C6H14O2Si. The lowest BCUT2D eigenvalue weighted by atomic mass is 10.9. The van der Waals surface area contributed by atoms with Crippen LogP contribution in [0.1, 0.15) is 0 Å². The van der Waals surface area contributed by atoms with Crippen molar-refractivity contribution >= 4 is 14.5 Å². The van der Waals surface area contributed by atoms with Crippen LogP contribution in [0.15, 0.2) is 0 Å². The summed E-state index contributed by atoms with van der Waals surface area (Å²) >= 11 is 0. The number of carbonyl (C=O) groups excluding carboxylic acids is 1. The normalized spacial score (nSPS) is 11.0. The van der Waals surface area contributed by atoms with Crippen LogP contribution >= 0.6 is 0 Å². The van der Waals surface area contributed by atoms with E-state index in [1.807, 2.05) is 0 Å². The third-order valence-corrected chi connectivity index (χ3v) is 2.74. The molecule has 0 N–H and O–H groups in total. The number of carbonyl (C=O) groups is 1. The molecule has 0 aromatic rings. The van der Waals surface area contributed by atoms with Gasteiger partial charge in [-0.25, -0.2) is 0 Å². The first kappa shape index (κ1) is 8.69. The van der Waals surface area contributed by atoms with Crippen LogP contribution in [0.5, 0.6) is 0 Å². The van der Waals surface area contributed by atoms with Crippen LogP contribution in [0.2, 0.25) is 25.7 Å². The summed E-state index contributed by atoms with van der Waals surface area (Å²) < 4.78 is 4.56. The third kappa shape index (κ3) is 7.69. The van der Waals surface area contributed by atoms with Gasteiger partial charge in [-0.2, -0.15) is 0 Å². The summed E-state index contributed by atoms with van der Waals surface area (Å²) in [4.78, 5) is 9.68. The summed E-state index contributed by atoms with van der Waals surface area (Å²) in [6.07, 6.45) is 0. The van der Waals surface area contributed by atoms with Gasteiger partial charge < -0.3 is 4.74 Å². The van der Waals surface area contributed by atoms with Gasteiger partial charge in [-0.15, -0.1) is 0 Å². The molecule has 0 aliphatic rings. The molecule has 0 aliphatic heterocycles. The summed E-state index contributed by atoms with van der Waals surface area (Å²) in [6, 6.07) is 1.06. The Morgan fingerprint density at radius 3 is 2.33 bits per heavy atom. The molecule has 0 aliphatic carbocycles. The maximum atomic E-state index is 9.68. The van der Waals surface area contributed by atoms with E-state index < -0.39 is 8.07 Å². The lowest BCUT2D eigenvalue weighted by Gasteiger charge is -2.13. The van der Waals surface area contributed by atoms with Crippen LogP contribution in [0.25, 0.3) is 0 Å². The SMILES string of the molecule is C[Si](C)(C)CCOC=O. The zero-order valence-electron chi connectivity index (χ0n) is 6.31. The van der Waals surface area contributed by atoms with Crippen molar-refractivity contribution in [3.8, 4) is 0 Å². The van der Waals surface area contributed by atoms with E-state index in [1.54, 1.807) is 0 Å². The van der Waals surface area contributed by atoms with Crippen LogP contribution in [0.3, 0.4) is 0 Å². The quantitative estimate of drug-likeness (QED) is 0.341. The van der Waals surface area contributed by atoms with Crippen molar-refractivity contribution in [3.63, 3.8) is 0 Å². The molecule has 0 saturated carbocycles. The van der Waals surface area contributed by atoms with E-state index in [0.717, 1.165) is 6.04 Å². The minimum absolute atomic E-state index is 0.514. The highest BCUT2D eigenvalue weighted by Gasteiger charge is 2.11. The zero-order valence-corrected chi connectivity index (χ0v) is 7.31. The molecule has 0 spiro atoms. The smallest absolute Gasteiger partial charge is 0.293 e. The van der Waals surface area contributed by atoms with E-state index in [1.165, 1.54) is 0 Å². The number of rotatable bonds is 4. The molecular weight excluding hydrogens is 132 g/mol. The summed E-state index contributed by atoms with van der Waals surface area (Å²) in [5.74, 6) is 0. The highest BCUT2D eigenvalue weighted by molar-refractivity contribution is 6.76. The molecule has 0 rings (SSSR count). The zero-order chi connectivity index (χ0) is 7.33. The predicted octanol–water partition coefficient (Wildman–Crippen LogP) is 1.50. The summed E-state index contributed by atoms with van der Waals surface area (Å²) in [5.41, 5.74) is 0. The number of hydrogen-bond donors (Lipinski definition) is 0. The Morgan fingerprint density at radius 2 is 2.00 bits per heavy atom. The molecule has 0 aromatic heterocycles. The highest BCUT2D eigenvalue weighted by atomic mass is 28.3. The molecule has 0 unspecified atom stereocenters. The standard InChI is InChI=1S/C6H14O2Si/c1-9(2,3)5-4-8-6-7/h6H,4-5H2,1-3H3. The van der Waals surface area contributed by atoms with E-state index in [0.29, 0.717) is 13.1 Å². The van der Waals surface area contributed by atoms with Crippen molar-refractivity contribution in [2.45, 2.75) is 25.7 Å². The van der Waals surface area contributed by atoms with Crippen LogP contribution < -0.4 is 0 Å². The second-order valence-electron chi connectivity index (χ2n) is 3.28. The van der Waals surface area contributed by atoms with E-state index in [-0.39, 0.29) is 0 Å². The maximum Gasteiger partial charge on any atom is 0.293 e. The fraction of sp³-hybridized carbons (Fsp3) is 0.833. The molecule has 0 atom stereocenters. The van der Waals surface area contributed by atoms with E-state index in [2.05, 4.69) is 24.4 Å². The average molecular weight is 146 g/mol. The van der Waals surface area contributed by atoms with Crippen LogP contribution in [0, 0.1) is 0 Å².